The summed E-state index contributed by atoms with van der Waals surface area (Å²) in [6.45, 7) is 0.529. The zero-order valence-electron chi connectivity index (χ0n) is 11.0. The summed E-state index contributed by atoms with van der Waals surface area (Å²) in [5.74, 6) is 0.909. The van der Waals surface area contributed by atoms with E-state index in [0.717, 1.165) is 16.7 Å². The van der Waals surface area contributed by atoms with Gasteiger partial charge >= 0.3 is 0 Å². The van der Waals surface area contributed by atoms with E-state index in [1.165, 1.54) is 12.1 Å². The highest BCUT2D eigenvalue weighted by Gasteiger charge is 2.09. The number of aromatic nitrogens is 2. The van der Waals surface area contributed by atoms with Gasteiger partial charge in [-0.1, -0.05) is 12.1 Å². The van der Waals surface area contributed by atoms with Crippen molar-refractivity contribution in [3.05, 3.63) is 53.8 Å². The smallest absolute Gasteiger partial charge is 0.153 e. The average Bonchev–Trinajstić information content (AvgIpc) is 2.76. The minimum Gasteiger partial charge on any atom is -0.497 e. The maximum Gasteiger partial charge on any atom is 0.153 e. The van der Waals surface area contributed by atoms with Crippen LogP contribution in [0.4, 0.5) is 10.2 Å². The Balaban J connectivity index is 1.99. The zero-order valence-corrected chi connectivity index (χ0v) is 11.0. The number of nitrogen functional groups attached to an aromatic ring is 1. The topological polar surface area (TPSA) is 53.1 Å². The number of methoxy groups -OCH3 is 1. The quantitative estimate of drug-likeness (QED) is 0.797. The molecule has 0 bridgehead atoms. The molecule has 0 saturated heterocycles. The van der Waals surface area contributed by atoms with Crippen molar-refractivity contribution in [2.24, 2.45) is 0 Å². The van der Waals surface area contributed by atoms with Gasteiger partial charge in [0.15, 0.2) is 5.82 Å². The fourth-order valence-electron chi connectivity index (χ4n) is 2.20. The summed E-state index contributed by atoms with van der Waals surface area (Å²) in [6, 6.07) is 12.1. The highest BCUT2D eigenvalue weighted by molar-refractivity contribution is 5.89. The molecule has 102 valence electrons. The van der Waals surface area contributed by atoms with Crippen molar-refractivity contribution in [2.75, 3.05) is 12.8 Å². The summed E-state index contributed by atoms with van der Waals surface area (Å²) in [4.78, 5) is 0. The Hall–Kier alpha value is -2.56. The minimum absolute atomic E-state index is 0.298. The molecule has 2 aromatic carbocycles. The van der Waals surface area contributed by atoms with Crippen LogP contribution >= 0.6 is 0 Å². The van der Waals surface area contributed by atoms with Gasteiger partial charge in [-0.25, -0.2) is 4.39 Å². The van der Waals surface area contributed by atoms with Gasteiger partial charge in [0.2, 0.25) is 0 Å². The fourth-order valence-corrected chi connectivity index (χ4v) is 2.20. The Morgan fingerprint density at radius 3 is 2.65 bits per heavy atom. The lowest BCUT2D eigenvalue weighted by Crippen LogP contribution is -2.02. The van der Waals surface area contributed by atoms with Crippen LogP contribution in [0.15, 0.2) is 42.5 Å². The first-order valence-electron chi connectivity index (χ1n) is 6.22. The second kappa shape index (κ2) is 4.85. The molecule has 20 heavy (non-hydrogen) atoms. The van der Waals surface area contributed by atoms with Crippen molar-refractivity contribution in [2.45, 2.75) is 6.54 Å². The number of nitrogens with zero attached hydrogens (tertiary/aromatic N) is 2. The summed E-state index contributed by atoms with van der Waals surface area (Å²) >= 11 is 0. The summed E-state index contributed by atoms with van der Waals surface area (Å²) in [6.07, 6.45) is 0. The van der Waals surface area contributed by atoms with Gasteiger partial charge in [0.1, 0.15) is 11.6 Å². The Labute approximate surface area is 115 Å². The third-order valence-electron chi connectivity index (χ3n) is 3.23. The van der Waals surface area contributed by atoms with Gasteiger partial charge in [-0.05, 0) is 35.9 Å². The van der Waals surface area contributed by atoms with Crippen molar-refractivity contribution in [3.8, 4) is 5.75 Å². The molecular formula is C15H14FN3O. The number of rotatable bonds is 3. The van der Waals surface area contributed by atoms with Gasteiger partial charge in [-0.2, -0.15) is 5.10 Å². The van der Waals surface area contributed by atoms with Gasteiger partial charge in [0.25, 0.3) is 0 Å². The van der Waals surface area contributed by atoms with E-state index >= 15 is 0 Å². The van der Waals surface area contributed by atoms with Crippen LogP contribution < -0.4 is 10.5 Å². The van der Waals surface area contributed by atoms with E-state index in [2.05, 4.69) is 5.10 Å². The lowest BCUT2D eigenvalue weighted by atomic mass is 10.2. The molecule has 0 fully saturated rings. The van der Waals surface area contributed by atoms with Crippen LogP contribution in [0.2, 0.25) is 0 Å². The van der Waals surface area contributed by atoms with Crippen molar-refractivity contribution < 1.29 is 9.13 Å². The molecule has 0 aliphatic rings. The lowest BCUT2D eigenvalue weighted by molar-refractivity contribution is 0.414. The van der Waals surface area contributed by atoms with Gasteiger partial charge in [-0.15, -0.1) is 0 Å². The molecule has 0 amide bonds. The van der Waals surface area contributed by atoms with Crippen LogP contribution in [0.5, 0.6) is 5.75 Å². The van der Waals surface area contributed by atoms with Crippen molar-refractivity contribution in [1.29, 1.82) is 0 Å². The predicted octanol–water partition coefficient (Wildman–Crippen LogP) is 2.81. The van der Waals surface area contributed by atoms with E-state index in [0.29, 0.717) is 17.9 Å². The van der Waals surface area contributed by atoms with Crippen molar-refractivity contribution in [3.63, 3.8) is 0 Å². The molecule has 4 nitrogen and oxygen atoms in total. The molecule has 2 N–H and O–H groups in total. The maximum absolute atomic E-state index is 13.4. The highest BCUT2D eigenvalue weighted by Crippen LogP contribution is 2.22. The lowest BCUT2D eigenvalue weighted by Gasteiger charge is -2.05. The largest absolute Gasteiger partial charge is 0.497 e. The van der Waals surface area contributed by atoms with Crippen LogP contribution in [0, 0.1) is 5.82 Å². The molecule has 0 aliphatic carbocycles. The van der Waals surface area contributed by atoms with Crippen molar-refractivity contribution >= 4 is 16.7 Å². The first kappa shape index (κ1) is 12.5. The number of halogens is 1. The number of nitrogens with two attached hydrogens (primary N) is 1. The van der Waals surface area contributed by atoms with E-state index < -0.39 is 0 Å². The molecule has 0 saturated carbocycles. The standard InChI is InChI=1S/C15H14FN3O/c1-20-12-5-2-10(3-6-12)9-19-14-8-11(16)4-7-13(14)15(17)18-19/h2-8H,9H2,1H3,(H2,17,18). The Kier molecular flexibility index (Phi) is 3.02. The Bertz CT molecular complexity index is 750. The molecule has 1 heterocycles. The summed E-state index contributed by atoms with van der Waals surface area (Å²) in [5, 5.41) is 5.03. The summed E-state index contributed by atoms with van der Waals surface area (Å²) in [7, 11) is 1.62. The second-order valence-corrected chi connectivity index (χ2v) is 4.55. The van der Waals surface area contributed by atoms with Crippen LogP contribution in [0.25, 0.3) is 10.9 Å². The van der Waals surface area contributed by atoms with Gasteiger partial charge in [0, 0.05) is 5.39 Å². The molecular weight excluding hydrogens is 257 g/mol. The van der Waals surface area contributed by atoms with Crippen LogP contribution in [-0.4, -0.2) is 16.9 Å². The van der Waals surface area contributed by atoms with Crippen LogP contribution in [0.1, 0.15) is 5.56 Å². The van der Waals surface area contributed by atoms with Crippen LogP contribution in [-0.2, 0) is 6.54 Å². The summed E-state index contributed by atoms with van der Waals surface area (Å²) < 4.78 is 20.2. The van der Waals surface area contributed by atoms with Gasteiger partial charge in [-0.3, -0.25) is 4.68 Å². The molecule has 5 heteroatoms. The van der Waals surface area contributed by atoms with E-state index in [1.54, 1.807) is 17.9 Å². The highest BCUT2D eigenvalue weighted by atomic mass is 19.1. The number of anilines is 1. The molecule has 3 aromatic rings. The molecule has 0 atom stereocenters. The predicted molar refractivity (Wildman–Crippen MR) is 76.2 cm³/mol. The van der Waals surface area contributed by atoms with E-state index in [9.17, 15) is 4.39 Å². The van der Waals surface area contributed by atoms with E-state index in [-0.39, 0.29) is 5.82 Å². The average molecular weight is 271 g/mol. The Morgan fingerprint density at radius 2 is 1.95 bits per heavy atom. The van der Waals surface area contributed by atoms with Gasteiger partial charge in [0.05, 0.1) is 19.2 Å². The van der Waals surface area contributed by atoms with Crippen LogP contribution in [0.3, 0.4) is 0 Å². The molecule has 0 spiro atoms. The summed E-state index contributed by atoms with van der Waals surface area (Å²) in [5.41, 5.74) is 7.59. The second-order valence-electron chi connectivity index (χ2n) is 4.55. The molecule has 3 rings (SSSR count). The number of fused-ring (bicyclic) bond motifs is 1. The first-order chi connectivity index (χ1) is 9.67. The third kappa shape index (κ3) is 2.18. The normalized spacial score (nSPS) is 10.9. The monoisotopic (exact) mass is 271 g/mol. The van der Waals surface area contributed by atoms with Crippen molar-refractivity contribution in [1.82, 2.24) is 9.78 Å². The first-order valence-corrected chi connectivity index (χ1v) is 6.22. The zero-order chi connectivity index (χ0) is 14.1. The van der Waals surface area contributed by atoms with E-state index in [4.69, 9.17) is 10.5 Å². The minimum atomic E-state index is -0.298. The van der Waals surface area contributed by atoms with Gasteiger partial charge < -0.3 is 10.5 Å². The number of hydrogen-bond donors (Lipinski definition) is 1. The fraction of sp³-hybridized carbons (Fsp3) is 0.133. The number of hydrogen-bond acceptors (Lipinski definition) is 3. The molecule has 0 aliphatic heterocycles. The number of benzene rings is 2. The molecule has 0 radical (unpaired) electrons. The molecule has 1 aromatic heterocycles. The number of ether oxygens (including phenoxy) is 1. The maximum atomic E-state index is 13.4. The van der Waals surface area contributed by atoms with E-state index in [1.807, 2.05) is 24.3 Å². The SMILES string of the molecule is COc1ccc(Cn2nc(N)c3ccc(F)cc32)cc1. The molecule has 0 unspecified atom stereocenters. The Morgan fingerprint density at radius 1 is 1.20 bits per heavy atom. The third-order valence-corrected chi connectivity index (χ3v) is 3.23.